The van der Waals surface area contributed by atoms with Crippen LogP contribution in [0.3, 0.4) is 0 Å². The number of amides is 1. The largest absolute Gasteiger partial charge is 0.329 e. The molecule has 2 heterocycles. The number of pyridine rings is 1. The lowest BCUT2D eigenvalue weighted by atomic mass is 9.98. The van der Waals surface area contributed by atoms with Gasteiger partial charge in [-0.25, -0.2) is 0 Å². The number of benzene rings is 2. The number of hydrogen-bond donors (Lipinski definition) is 3. The quantitative estimate of drug-likeness (QED) is 0.663. The van der Waals surface area contributed by atoms with Crippen molar-refractivity contribution in [2.45, 2.75) is 13.0 Å². The van der Waals surface area contributed by atoms with Gasteiger partial charge >= 0.3 is 0 Å². The van der Waals surface area contributed by atoms with Crippen LogP contribution in [0, 0.1) is 0 Å². The molecule has 0 bridgehead atoms. The van der Waals surface area contributed by atoms with Crippen LogP contribution in [0.25, 0.3) is 10.8 Å². The van der Waals surface area contributed by atoms with E-state index in [9.17, 15) is 9.59 Å². The highest BCUT2D eigenvalue weighted by Crippen LogP contribution is 2.27. The standard InChI is InChI=1S/C19H16ClN3O2/c20-16-9-15-12(4-6-22-19(15)25)8-17(16)23-18(24)13-1-2-14-10-21-5-3-11(14)7-13/h1-2,4,6-9,21H,3,5,10H2,(H,22,25)(H,23,24). The Kier molecular flexibility index (Phi) is 4.03. The first kappa shape index (κ1) is 15.9. The van der Waals surface area contributed by atoms with Gasteiger partial charge in [-0.1, -0.05) is 17.7 Å². The van der Waals surface area contributed by atoms with Crippen molar-refractivity contribution in [2.24, 2.45) is 0 Å². The summed E-state index contributed by atoms with van der Waals surface area (Å²) in [5.41, 5.74) is 3.31. The second-order valence-corrected chi connectivity index (χ2v) is 6.50. The Morgan fingerprint density at radius 1 is 1.12 bits per heavy atom. The fourth-order valence-electron chi connectivity index (χ4n) is 3.12. The molecule has 0 saturated carbocycles. The van der Waals surface area contributed by atoms with E-state index in [0.717, 1.165) is 24.9 Å². The van der Waals surface area contributed by atoms with E-state index in [1.165, 1.54) is 11.1 Å². The van der Waals surface area contributed by atoms with Crippen molar-refractivity contribution >= 4 is 34.0 Å². The van der Waals surface area contributed by atoms with Crippen molar-refractivity contribution in [1.29, 1.82) is 0 Å². The van der Waals surface area contributed by atoms with Crippen LogP contribution in [-0.4, -0.2) is 17.4 Å². The van der Waals surface area contributed by atoms with Crippen molar-refractivity contribution in [3.63, 3.8) is 0 Å². The average Bonchev–Trinajstić information content (AvgIpc) is 2.63. The third-order valence-corrected chi connectivity index (χ3v) is 4.78. The van der Waals surface area contributed by atoms with Gasteiger partial charge < -0.3 is 15.6 Å². The van der Waals surface area contributed by atoms with Crippen LogP contribution in [0.5, 0.6) is 0 Å². The van der Waals surface area contributed by atoms with Crippen LogP contribution in [0.15, 0.2) is 47.4 Å². The number of hydrogen-bond acceptors (Lipinski definition) is 3. The van der Waals surface area contributed by atoms with Crippen molar-refractivity contribution < 1.29 is 4.79 Å². The maximum absolute atomic E-state index is 12.6. The molecule has 1 amide bonds. The molecule has 0 saturated heterocycles. The van der Waals surface area contributed by atoms with E-state index in [-0.39, 0.29) is 11.5 Å². The number of H-pyrrole nitrogens is 1. The minimum Gasteiger partial charge on any atom is -0.329 e. The van der Waals surface area contributed by atoms with E-state index in [1.54, 1.807) is 24.4 Å². The lowest BCUT2D eigenvalue weighted by molar-refractivity contribution is 0.102. The fourth-order valence-corrected chi connectivity index (χ4v) is 3.33. The number of nitrogens with one attached hydrogen (secondary N) is 3. The first-order valence-electron chi connectivity index (χ1n) is 8.06. The van der Waals surface area contributed by atoms with Gasteiger partial charge in [-0.15, -0.1) is 0 Å². The molecule has 4 rings (SSSR count). The van der Waals surface area contributed by atoms with Gasteiger partial charge in [0.15, 0.2) is 0 Å². The highest BCUT2D eigenvalue weighted by Gasteiger charge is 2.14. The number of aromatic amines is 1. The first-order chi connectivity index (χ1) is 12.1. The van der Waals surface area contributed by atoms with Gasteiger partial charge in [0.25, 0.3) is 11.5 Å². The third kappa shape index (κ3) is 3.04. The van der Waals surface area contributed by atoms with Gasteiger partial charge in [-0.05, 0) is 59.8 Å². The average molecular weight is 354 g/mol. The van der Waals surface area contributed by atoms with Gasteiger partial charge in [0.2, 0.25) is 0 Å². The second-order valence-electron chi connectivity index (χ2n) is 6.09. The molecule has 0 unspecified atom stereocenters. The molecule has 0 spiro atoms. The summed E-state index contributed by atoms with van der Waals surface area (Å²) in [4.78, 5) is 27.0. The summed E-state index contributed by atoms with van der Waals surface area (Å²) in [5.74, 6) is -0.215. The highest BCUT2D eigenvalue weighted by molar-refractivity contribution is 6.34. The Morgan fingerprint density at radius 2 is 2.00 bits per heavy atom. The number of halogens is 1. The molecule has 0 fully saturated rings. The lowest BCUT2D eigenvalue weighted by Gasteiger charge is -2.17. The van der Waals surface area contributed by atoms with Gasteiger partial charge in [0, 0.05) is 23.7 Å². The number of aromatic nitrogens is 1. The van der Waals surface area contributed by atoms with E-state index in [2.05, 4.69) is 15.6 Å². The molecule has 3 aromatic rings. The minimum atomic E-state index is -0.215. The summed E-state index contributed by atoms with van der Waals surface area (Å²) < 4.78 is 0. The lowest BCUT2D eigenvalue weighted by Crippen LogP contribution is -2.24. The van der Waals surface area contributed by atoms with E-state index in [0.29, 0.717) is 21.7 Å². The molecule has 1 aromatic heterocycles. The normalized spacial score (nSPS) is 13.5. The molecule has 1 aliphatic rings. The summed E-state index contributed by atoms with van der Waals surface area (Å²) in [5, 5.41) is 7.71. The second kappa shape index (κ2) is 6.35. The Balaban J connectivity index is 1.65. The van der Waals surface area contributed by atoms with Crippen LogP contribution in [0.4, 0.5) is 5.69 Å². The number of carbonyl (C=O) groups excluding carboxylic acids is 1. The van der Waals surface area contributed by atoms with Gasteiger partial charge in [-0.2, -0.15) is 0 Å². The van der Waals surface area contributed by atoms with Gasteiger partial charge in [-0.3, -0.25) is 9.59 Å². The maximum Gasteiger partial charge on any atom is 0.255 e. The molecule has 1 aliphatic heterocycles. The van der Waals surface area contributed by atoms with E-state index in [4.69, 9.17) is 11.6 Å². The maximum atomic E-state index is 12.6. The monoisotopic (exact) mass is 353 g/mol. The minimum absolute atomic E-state index is 0.208. The van der Waals surface area contributed by atoms with Crippen LogP contribution in [-0.2, 0) is 13.0 Å². The molecule has 6 heteroatoms. The summed E-state index contributed by atoms with van der Waals surface area (Å²) in [6.07, 6.45) is 2.48. The molecule has 5 nitrogen and oxygen atoms in total. The zero-order valence-corrected chi connectivity index (χ0v) is 14.1. The van der Waals surface area contributed by atoms with E-state index in [1.807, 2.05) is 18.2 Å². The van der Waals surface area contributed by atoms with E-state index >= 15 is 0 Å². The Hall–Kier alpha value is -2.63. The molecule has 0 radical (unpaired) electrons. The van der Waals surface area contributed by atoms with Crippen LogP contribution < -0.4 is 16.2 Å². The van der Waals surface area contributed by atoms with Gasteiger partial charge in [0.05, 0.1) is 10.7 Å². The predicted octanol–water partition coefficient (Wildman–Crippen LogP) is 3.08. The Bertz CT molecular complexity index is 1040. The van der Waals surface area contributed by atoms with E-state index < -0.39 is 0 Å². The smallest absolute Gasteiger partial charge is 0.255 e. The van der Waals surface area contributed by atoms with Crippen molar-refractivity contribution in [1.82, 2.24) is 10.3 Å². The van der Waals surface area contributed by atoms with Crippen molar-refractivity contribution in [2.75, 3.05) is 11.9 Å². The molecular weight excluding hydrogens is 338 g/mol. The fraction of sp³-hybridized carbons (Fsp3) is 0.158. The van der Waals surface area contributed by atoms with Crippen molar-refractivity contribution in [3.05, 3.63) is 74.7 Å². The van der Waals surface area contributed by atoms with Crippen molar-refractivity contribution in [3.8, 4) is 0 Å². The molecular formula is C19H16ClN3O2. The molecule has 0 atom stereocenters. The van der Waals surface area contributed by atoms with Gasteiger partial charge in [0.1, 0.15) is 0 Å². The SMILES string of the molecule is O=C(Nc1cc2cc[nH]c(=O)c2cc1Cl)c1ccc2c(c1)CCNC2. The molecule has 2 aromatic carbocycles. The highest BCUT2D eigenvalue weighted by atomic mass is 35.5. The summed E-state index contributed by atoms with van der Waals surface area (Å²) in [6, 6.07) is 10.8. The molecule has 25 heavy (non-hydrogen) atoms. The van der Waals surface area contributed by atoms with Crippen LogP contribution in [0.1, 0.15) is 21.5 Å². The van der Waals surface area contributed by atoms with Crippen LogP contribution >= 0.6 is 11.6 Å². The summed E-state index contributed by atoms with van der Waals surface area (Å²) in [7, 11) is 0. The van der Waals surface area contributed by atoms with Crippen LogP contribution in [0.2, 0.25) is 5.02 Å². The Labute approximate surface area is 149 Å². The predicted molar refractivity (Wildman–Crippen MR) is 99.4 cm³/mol. The number of fused-ring (bicyclic) bond motifs is 2. The number of anilines is 1. The topological polar surface area (TPSA) is 74.0 Å². The zero-order valence-electron chi connectivity index (χ0n) is 13.4. The summed E-state index contributed by atoms with van der Waals surface area (Å²) in [6.45, 7) is 1.76. The third-order valence-electron chi connectivity index (χ3n) is 4.46. The molecule has 0 aliphatic carbocycles. The first-order valence-corrected chi connectivity index (χ1v) is 8.44. The summed E-state index contributed by atoms with van der Waals surface area (Å²) >= 11 is 6.25. The Morgan fingerprint density at radius 3 is 2.88 bits per heavy atom. The molecule has 126 valence electrons. The molecule has 3 N–H and O–H groups in total. The zero-order chi connectivity index (χ0) is 17.4. The number of carbonyl (C=O) groups is 1. The number of rotatable bonds is 2.